The van der Waals surface area contributed by atoms with E-state index < -0.39 is 0 Å². The molecule has 0 aliphatic heterocycles. The molecule has 0 radical (unpaired) electrons. The lowest BCUT2D eigenvalue weighted by atomic mass is 9.72. The van der Waals surface area contributed by atoms with Crippen molar-refractivity contribution in [1.82, 2.24) is 0 Å². The van der Waals surface area contributed by atoms with Crippen LogP contribution in [-0.2, 0) is 26.8 Å². The van der Waals surface area contributed by atoms with E-state index in [2.05, 4.69) is 137 Å². The SMILES string of the molecule is C=CC(=O)OCCCCc1ccc(-c2ccc3c(c2)C(CC)(CC)c2cc(-c4ccc5c(c4)C(CC)(CC)c4ccccc4-5)ccc2-3)cc1. The van der Waals surface area contributed by atoms with E-state index in [9.17, 15) is 4.79 Å². The summed E-state index contributed by atoms with van der Waals surface area (Å²) in [5.41, 5.74) is 18.0. The summed E-state index contributed by atoms with van der Waals surface area (Å²) in [6.07, 6.45) is 8.35. The van der Waals surface area contributed by atoms with Gasteiger partial charge in [-0.2, -0.15) is 0 Å². The Balaban J connectivity index is 1.18. The molecule has 2 heteroatoms. The second kappa shape index (κ2) is 13.3. The molecule has 0 heterocycles. The Labute approximate surface area is 292 Å². The Morgan fingerprint density at radius 3 is 1.53 bits per heavy atom. The van der Waals surface area contributed by atoms with Crippen LogP contribution in [0.5, 0.6) is 0 Å². The summed E-state index contributed by atoms with van der Waals surface area (Å²) in [7, 11) is 0. The standard InChI is InChI=1S/C47H48O2/c1-6-45(48)49-28-14-13-15-32-18-20-33(21-19-32)34-22-25-39-40-27-24-36(31-44(40)47(9-4,10-5)43(39)29-34)35-23-26-38-37-16-11-12-17-41(37)46(7-2,8-3)42(38)30-35/h6,11-12,16-27,29-31H,1,7-10,13-15,28H2,2-5H3. The van der Waals surface area contributed by atoms with Crippen molar-refractivity contribution in [2.45, 2.75) is 83.5 Å². The Morgan fingerprint density at radius 2 is 1.02 bits per heavy atom. The highest BCUT2D eigenvalue weighted by Gasteiger charge is 2.42. The van der Waals surface area contributed by atoms with E-state index in [-0.39, 0.29) is 16.8 Å². The molecule has 2 aliphatic carbocycles. The van der Waals surface area contributed by atoms with Crippen LogP contribution < -0.4 is 0 Å². The molecule has 2 aliphatic rings. The molecule has 5 aromatic rings. The molecule has 0 saturated heterocycles. The number of hydrogen-bond donors (Lipinski definition) is 0. The van der Waals surface area contributed by atoms with E-state index in [1.807, 2.05) is 0 Å². The molecular weight excluding hydrogens is 597 g/mol. The van der Waals surface area contributed by atoms with Gasteiger partial charge in [0.25, 0.3) is 0 Å². The zero-order valence-corrected chi connectivity index (χ0v) is 29.6. The molecule has 0 bridgehead atoms. The number of ether oxygens (including phenoxy) is 1. The highest BCUT2D eigenvalue weighted by Crippen LogP contribution is 2.56. The van der Waals surface area contributed by atoms with Gasteiger partial charge in [0.05, 0.1) is 6.61 Å². The van der Waals surface area contributed by atoms with Crippen LogP contribution in [0.3, 0.4) is 0 Å². The summed E-state index contributed by atoms with van der Waals surface area (Å²) < 4.78 is 5.12. The van der Waals surface area contributed by atoms with Gasteiger partial charge in [0.15, 0.2) is 0 Å². The van der Waals surface area contributed by atoms with E-state index in [1.54, 1.807) is 0 Å². The van der Waals surface area contributed by atoms with Gasteiger partial charge in [0.1, 0.15) is 0 Å². The van der Waals surface area contributed by atoms with Crippen molar-refractivity contribution in [2.75, 3.05) is 6.61 Å². The average Bonchev–Trinajstić information content (AvgIpc) is 3.60. The van der Waals surface area contributed by atoms with E-state index in [0.717, 1.165) is 44.9 Å². The van der Waals surface area contributed by atoms with E-state index in [4.69, 9.17) is 4.74 Å². The minimum atomic E-state index is -0.349. The van der Waals surface area contributed by atoms with Gasteiger partial charge in [-0.3, -0.25) is 0 Å². The number of hydrogen-bond acceptors (Lipinski definition) is 2. The first kappa shape index (κ1) is 32.8. The minimum Gasteiger partial charge on any atom is -0.463 e. The van der Waals surface area contributed by atoms with E-state index in [0.29, 0.717) is 6.61 Å². The third kappa shape index (κ3) is 5.37. The first-order valence-electron chi connectivity index (χ1n) is 18.4. The predicted octanol–water partition coefficient (Wildman–Crippen LogP) is 12.2. The van der Waals surface area contributed by atoms with Gasteiger partial charge in [-0.15, -0.1) is 0 Å². The van der Waals surface area contributed by atoms with Gasteiger partial charge in [-0.25, -0.2) is 4.79 Å². The summed E-state index contributed by atoms with van der Waals surface area (Å²) >= 11 is 0. The summed E-state index contributed by atoms with van der Waals surface area (Å²) in [6.45, 7) is 13.3. The number of unbranched alkanes of at least 4 members (excludes halogenated alkanes) is 1. The molecule has 2 nitrogen and oxygen atoms in total. The van der Waals surface area contributed by atoms with Crippen LogP contribution in [0.1, 0.15) is 94.0 Å². The number of rotatable bonds is 12. The van der Waals surface area contributed by atoms with Gasteiger partial charge in [0.2, 0.25) is 0 Å². The molecule has 0 spiro atoms. The smallest absolute Gasteiger partial charge is 0.330 e. The van der Waals surface area contributed by atoms with Crippen LogP contribution in [-0.4, -0.2) is 12.6 Å². The first-order chi connectivity index (χ1) is 23.9. The van der Waals surface area contributed by atoms with Crippen LogP contribution in [0.4, 0.5) is 0 Å². The summed E-state index contributed by atoms with van der Waals surface area (Å²) in [5.74, 6) is -0.349. The number of benzene rings is 5. The zero-order valence-electron chi connectivity index (χ0n) is 29.6. The van der Waals surface area contributed by atoms with Crippen LogP contribution in [0, 0.1) is 0 Å². The van der Waals surface area contributed by atoms with Crippen LogP contribution in [0.15, 0.2) is 116 Å². The number of esters is 1. The molecule has 0 aromatic heterocycles. The van der Waals surface area contributed by atoms with Gasteiger partial charge in [-0.05, 0) is 135 Å². The molecule has 49 heavy (non-hydrogen) atoms. The van der Waals surface area contributed by atoms with E-state index in [1.165, 1.54) is 78.4 Å². The molecular formula is C47H48O2. The van der Waals surface area contributed by atoms with Crippen molar-refractivity contribution in [3.05, 3.63) is 144 Å². The van der Waals surface area contributed by atoms with Crippen molar-refractivity contribution in [2.24, 2.45) is 0 Å². The fourth-order valence-corrected chi connectivity index (χ4v) is 9.04. The molecule has 0 amide bonds. The Bertz CT molecular complexity index is 2020. The van der Waals surface area contributed by atoms with Crippen LogP contribution in [0.25, 0.3) is 44.5 Å². The van der Waals surface area contributed by atoms with Crippen molar-refractivity contribution < 1.29 is 9.53 Å². The average molecular weight is 645 g/mol. The highest BCUT2D eigenvalue weighted by molar-refractivity contribution is 5.88. The van der Waals surface area contributed by atoms with Crippen LogP contribution in [0.2, 0.25) is 0 Å². The van der Waals surface area contributed by atoms with Crippen molar-refractivity contribution in [3.8, 4) is 44.5 Å². The monoisotopic (exact) mass is 644 g/mol. The largest absolute Gasteiger partial charge is 0.463 e. The number of aryl methyl sites for hydroxylation is 1. The Hall–Kier alpha value is -4.69. The fraction of sp³-hybridized carbons (Fsp3) is 0.298. The molecule has 0 atom stereocenters. The first-order valence-corrected chi connectivity index (χ1v) is 18.4. The quantitative estimate of drug-likeness (QED) is 0.0767. The zero-order chi connectivity index (χ0) is 34.2. The second-order valence-corrected chi connectivity index (χ2v) is 13.9. The topological polar surface area (TPSA) is 26.3 Å². The second-order valence-electron chi connectivity index (χ2n) is 13.9. The van der Waals surface area contributed by atoms with Crippen molar-refractivity contribution in [3.63, 3.8) is 0 Å². The molecule has 5 aromatic carbocycles. The van der Waals surface area contributed by atoms with Gasteiger partial charge < -0.3 is 4.74 Å². The third-order valence-corrected chi connectivity index (χ3v) is 11.9. The van der Waals surface area contributed by atoms with Gasteiger partial charge >= 0.3 is 5.97 Å². The Morgan fingerprint density at radius 1 is 0.571 bits per heavy atom. The molecule has 0 saturated carbocycles. The summed E-state index contributed by atoms with van der Waals surface area (Å²) in [6, 6.07) is 39.7. The lowest BCUT2D eigenvalue weighted by Gasteiger charge is -2.31. The lowest BCUT2D eigenvalue weighted by molar-refractivity contribution is -0.137. The van der Waals surface area contributed by atoms with Crippen molar-refractivity contribution in [1.29, 1.82) is 0 Å². The maximum atomic E-state index is 11.3. The highest BCUT2D eigenvalue weighted by atomic mass is 16.5. The van der Waals surface area contributed by atoms with E-state index >= 15 is 0 Å². The van der Waals surface area contributed by atoms with Crippen LogP contribution >= 0.6 is 0 Å². The summed E-state index contributed by atoms with van der Waals surface area (Å²) in [5, 5.41) is 0. The molecule has 7 rings (SSSR count). The molecule has 0 N–H and O–H groups in total. The predicted molar refractivity (Wildman–Crippen MR) is 205 cm³/mol. The number of fused-ring (bicyclic) bond motifs is 6. The maximum absolute atomic E-state index is 11.3. The fourth-order valence-electron chi connectivity index (χ4n) is 9.04. The number of carbonyl (C=O) groups is 1. The Kier molecular flexibility index (Phi) is 8.92. The van der Waals surface area contributed by atoms with Gasteiger partial charge in [0, 0.05) is 16.9 Å². The number of carbonyl (C=O) groups excluding carboxylic acids is 1. The normalized spacial score (nSPS) is 14.4. The summed E-state index contributed by atoms with van der Waals surface area (Å²) in [4.78, 5) is 11.3. The lowest BCUT2D eigenvalue weighted by Crippen LogP contribution is -2.23. The molecule has 0 fully saturated rings. The van der Waals surface area contributed by atoms with Crippen molar-refractivity contribution >= 4 is 5.97 Å². The third-order valence-electron chi connectivity index (χ3n) is 11.9. The van der Waals surface area contributed by atoms with Gasteiger partial charge in [-0.1, -0.05) is 119 Å². The molecule has 0 unspecified atom stereocenters. The molecule has 248 valence electrons. The maximum Gasteiger partial charge on any atom is 0.330 e. The minimum absolute atomic E-state index is 0.0186.